The Labute approximate surface area is 182 Å². The summed E-state index contributed by atoms with van der Waals surface area (Å²) in [4.78, 5) is 4.64. The molecule has 1 atom stereocenters. The lowest BCUT2D eigenvalue weighted by molar-refractivity contribution is 0.186. The topological polar surface area (TPSA) is 76.4 Å². The molecule has 28 heavy (non-hydrogen) atoms. The average molecular weight is 502 g/mol. The third-order valence-electron chi connectivity index (χ3n) is 4.57. The summed E-state index contributed by atoms with van der Waals surface area (Å²) in [6.45, 7) is 6.47. The van der Waals surface area contributed by atoms with Crippen molar-refractivity contribution < 1.29 is 9.13 Å². The highest BCUT2D eigenvalue weighted by molar-refractivity contribution is 14.0. The van der Waals surface area contributed by atoms with Gasteiger partial charge in [-0.2, -0.15) is 0 Å². The second kappa shape index (κ2) is 11.9. The summed E-state index contributed by atoms with van der Waals surface area (Å²) in [7, 11) is 0. The van der Waals surface area contributed by atoms with Crippen molar-refractivity contribution in [2.45, 2.75) is 32.9 Å². The monoisotopic (exact) mass is 502 g/mol. The third-order valence-corrected chi connectivity index (χ3v) is 4.57. The van der Waals surface area contributed by atoms with Crippen LogP contribution >= 0.6 is 24.0 Å². The normalized spacial score (nSPS) is 16.6. The standard InChI is InChI=1S/C19H27FN6O.HI/c1-2-18-25-24-14-26(18)9-8-21-19(23-12-16-7-10-27-13-16)22-11-15-3-5-17(20)6-4-15;/h3-6,14,16H,2,7-13H2,1H3,(H2,21,22,23);1H. The maximum atomic E-state index is 13.1. The number of hydrogen-bond donors (Lipinski definition) is 2. The minimum atomic E-state index is -0.235. The lowest BCUT2D eigenvalue weighted by Crippen LogP contribution is -2.41. The minimum absolute atomic E-state index is 0. The largest absolute Gasteiger partial charge is 0.381 e. The minimum Gasteiger partial charge on any atom is -0.381 e. The third kappa shape index (κ3) is 7.01. The van der Waals surface area contributed by atoms with Crippen LogP contribution in [0, 0.1) is 11.7 Å². The van der Waals surface area contributed by atoms with Gasteiger partial charge in [-0.25, -0.2) is 9.38 Å². The molecule has 7 nitrogen and oxygen atoms in total. The SMILES string of the molecule is CCc1nncn1CCNC(=NCc1ccc(F)cc1)NCC1CCOC1.I. The number of hydrogen-bond acceptors (Lipinski definition) is 4. The lowest BCUT2D eigenvalue weighted by atomic mass is 10.1. The molecule has 1 aromatic heterocycles. The average Bonchev–Trinajstić information content (AvgIpc) is 3.36. The lowest BCUT2D eigenvalue weighted by Gasteiger charge is -2.15. The van der Waals surface area contributed by atoms with E-state index in [9.17, 15) is 4.39 Å². The zero-order valence-corrected chi connectivity index (χ0v) is 18.4. The van der Waals surface area contributed by atoms with Crippen molar-refractivity contribution >= 4 is 29.9 Å². The first kappa shape index (κ1) is 22.5. The second-order valence-electron chi connectivity index (χ2n) is 6.62. The summed E-state index contributed by atoms with van der Waals surface area (Å²) in [5, 5.41) is 14.8. The molecule has 154 valence electrons. The van der Waals surface area contributed by atoms with Crippen LogP contribution in [-0.2, 0) is 24.2 Å². The number of halogens is 2. The molecule has 2 heterocycles. The van der Waals surface area contributed by atoms with Crippen molar-refractivity contribution in [2.24, 2.45) is 10.9 Å². The van der Waals surface area contributed by atoms with E-state index in [1.54, 1.807) is 18.5 Å². The molecule has 1 aliphatic rings. The van der Waals surface area contributed by atoms with Gasteiger partial charge in [-0.05, 0) is 24.1 Å². The molecular weight excluding hydrogens is 474 g/mol. The molecule has 2 N–H and O–H groups in total. The summed E-state index contributed by atoms with van der Waals surface area (Å²) < 4.78 is 20.5. The van der Waals surface area contributed by atoms with Gasteiger partial charge in [0.15, 0.2) is 5.96 Å². The maximum absolute atomic E-state index is 13.1. The molecule has 1 aliphatic heterocycles. The molecule has 1 aromatic carbocycles. The number of rotatable bonds is 8. The first-order valence-corrected chi connectivity index (χ1v) is 9.45. The van der Waals surface area contributed by atoms with Gasteiger partial charge in [0.05, 0.1) is 13.2 Å². The number of ether oxygens (including phenoxy) is 1. The fraction of sp³-hybridized carbons (Fsp3) is 0.526. The summed E-state index contributed by atoms with van der Waals surface area (Å²) in [6.07, 6.45) is 3.67. The van der Waals surface area contributed by atoms with Crippen LogP contribution in [0.5, 0.6) is 0 Å². The van der Waals surface area contributed by atoms with Gasteiger partial charge in [-0.1, -0.05) is 19.1 Å². The van der Waals surface area contributed by atoms with Gasteiger partial charge in [0, 0.05) is 38.6 Å². The highest BCUT2D eigenvalue weighted by Crippen LogP contribution is 2.10. The molecule has 0 spiro atoms. The Morgan fingerprint density at radius 3 is 2.86 bits per heavy atom. The molecular formula is C19H28FIN6O. The molecule has 1 saturated heterocycles. The van der Waals surface area contributed by atoms with E-state index in [0.29, 0.717) is 19.0 Å². The van der Waals surface area contributed by atoms with E-state index in [0.717, 1.165) is 56.5 Å². The van der Waals surface area contributed by atoms with E-state index in [4.69, 9.17) is 4.74 Å². The predicted octanol–water partition coefficient (Wildman–Crippen LogP) is 2.37. The van der Waals surface area contributed by atoms with Crippen LogP contribution in [0.25, 0.3) is 0 Å². The van der Waals surface area contributed by atoms with E-state index >= 15 is 0 Å². The number of aromatic nitrogens is 3. The van der Waals surface area contributed by atoms with E-state index in [1.165, 1.54) is 12.1 Å². The van der Waals surface area contributed by atoms with E-state index < -0.39 is 0 Å². The van der Waals surface area contributed by atoms with Gasteiger partial charge in [0.25, 0.3) is 0 Å². The van der Waals surface area contributed by atoms with Gasteiger partial charge in [-0.3, -0.25) is 0 Å². The van der Waals surface area contributed by atoms with Crippen LogP contribution in [0.3, 0.4) is 0 Å². The Morgan fingerprint density at radius 1 is 1.32 bits per heavy atom. The molecule has 0 bridgehead atoms. The molecule has 9 heteroatoms. The number of aliphatic imine (C=N–C) groups is 1. The molecule has 2 aromatic rings. The number of nitrogens with one attached hydrogen (secondary N) is 2. The Morgan fingerprint density at radius 2 is 2.14 bits per heavy atom. The highest BCUT2D eigenvalue weighted by atomic mass is 127. The molecule has 0 radical (unpaired) electrons. The summed E-state index contributed by atoms with van der Waals surface area (Å²) in [6, 6.07) is 6.43. The summed E-state index contributed by atoms with van der Waals surface area (Å²) in [5.41, 5.74) is 0.966. The van der Waals surface area contributed by atoms with Gasteiger partial charge < -0.3 is 19.9 Å². The summed E-state index contributed by atoms with van der Waals surface area (Å²) >= 11 is 0. The number of nitrogens with zero attached hydrogens (tertiary/aromatic N) is 4. The maximum Gasteiger partial charge on any atom is 0.191 e. The Bertz CT molecular complexity index is 730. The fourth-order valence-electron chi connectivity index (χ4n) is 2.95. The van der Waals surface area contributed by atoms with Crippen molar-refractivity contribution in [3.63, 3.8) is 0 Å². The Balaban J connectivity index is 0.00000280. The van der Waals surface area contributed by atoms with Crippen molar-refractivity contribution in [1.82, 2.24) is 25.4 Å². The first-order chi connectivity index (χ1) is 13.2. The van der Waals surface area contributed by atoms with Crippen LogP contribution in [-0.4, -0.2) is 47.0 Å². The predicted molar refractivity (Wildman–Crippen MR) is 117 cm³/mol. The van der Waals surface area contributed by atoms with Gasteiger partial charge in [0.2, 0.25) is 0 Å². The van der Waals surface area contributed by atoms with Gasteiger partial charge in [0.1, 0.15) is 18.0 Å². The van der Waals surface area contributed by atoms with Crippen molar-refractivity contribution in [1.29, 1.82) is 0 Å². The van der Waals surface area contributed by atoms with Crippen LogP contribution in [0.2, 0.25) is 0 Å². The fourth-order valence-corrected chi connectivity index (χ4v) is 2.95. The second-order valence-corrected chi connectivity index (χ2v) is 6.62. The molecule has 3 rings (SSSR count). The zero-order chi connectivity index (χ0) is 18.9. The Kier molecular flexibility index (Phi) is 9.62. The zero-order valence-electron chi connectivity index (χ0n) is 16.1. The summed E-state index contributed by atoms with van der Waals surface area (Å²) in [5.74, 6) is 1.99. The number of benzene rings is 1. The molecule has 1 fully saturated rings. The van der Waals surface area contributed by atoms with E-state index in [2.05, 4.69) is 32.7 Å². The quantitative estimate of drug-likeness (QED) is 0.330. The number of aryl methyl sites for hydroxylation is 1. The molecule has 0 aliphatic carbocycles. The van der Waals surface area contributed by atoms with Gasteiger partial charge >= 0.3 is 0 Å². The van der Waals surface area contributed by atoms with Crippen LogP contribution in [0.1, 0.15) is 24.7 Å². The van der Waals surface area contributed by atoms with Gasteiger partial charge in [-0.15, -0.1) is 34.2 Å². The first-order valence-electron chi connectivity index (χ1n) is 9.45. The van der Waals surface area contributed by atoms with E-state index in [-0.39, 0.29) is 29.8 Å². The van der Waals surface area contributed by atoms with Crippen molar-refractivity contribution in [3.8, 4) is 0 Å². The van der Waals surface area contributed by atoms with Crippen molar-refractivity contribution in [2.75, 3.05) is 26.3 Å². The van der Waals surface area contributed by atoms with Crippen molar-refractivity contribution in [3.05, 3.63) is 47.8 Å². The smallest absolute Gasteiger partial charge is 0.191 e. The van der Waals surface area contributed by atoms with Crippen LogP contribution in [0.15, 0.2) is 35.6 Å². The van der Waals surface area contributed by atoms with Crippen LogP contribution in [0.4, 0.5) is 4.39 Å². The highest BCUT2D eigenvalue weighted by Gasteiger charge is 2.15. The van der Waals surface area contributed by atoms with E-state index in [1.807, 2.05) is 4.57 Å². The molecule has 1 unspecified atom stereocenters. The molecule has 0 amide bonds. The van der Waals surface area contributed by atoms with Crippen LogP contribution < -0.4 is 10.6 Å². The number of guanidine groups is 1. The molecule has 0 saturated carbocycles. The Hall–Kier alpha value is -1.75.